The second-order valence-corrected chi connectivity index (χ2v) is 4.56. The normalized spacial score (nSPS) is 23.6. The van der Waals surface area contributed by atoms with Gasteiger partial charge in [0, 0.05) is 6.54 Å². The quantitative estimate of drug-likeness (QED) is 0.662. The Morgan fingerprint density at radius 1 is 1.21 bits per heavy atom. The maximum absolute atomic E-state index is 4.22. The van der Waals surface area contributed by atoms with Gasteiger partial charge < -0.3 is 0 Å². The molecule has 0 aromatic rings. The van der Waals surface area contributed by atoms with Crippen LogP contribution >= 0.6 is 0 Å². The highest BCUT2D eigenvalue weighted by Crippen LogP contribution is 2.24. The van der Waals surface area contributed by atoms with Crippen LogP contribution in [0.1, 0.15) is 38.5 Å². The van der Waals surface area contributed by atoms with Crippen LogP contribution in [0.3, 0.4) is 0 Å². The van der Waals surface area contributed by atoms with Crippen LogP contribution in [-0.2, 0) is 0 Å². The Labute approximate surface area is 87.5 Å². The summed E-state index contributed by atoms with van der Waals surface area (Å²) in [5, 5.41) is 0. The van der Waals surface area contributed by atoms with Gasteiger partial charge in [0.1, 0.15) is 0 Å². The van der Waals surface area contributed by atoms with E-state index in [1.54, 1.807) is 0 Å². The van der Waals surface area contributed by atoms with E-state index in [2.05, 4.69) is 17.6 Å². The zero-order chi connectivity index (χ0) is 9.80. The molecule has 1 saturated heterocycles. The Morgan fingerprint density at radius 2 is 2.00 bits per heavy atom. The van der Waals surface area contributed by atoms with Gasteiger partial charge in [0.2, 0.25) is 0 Å². The molecule has 1 nitrogen and oxygen atoms in total. The van der Waals surface area contributed by atoms with Gasteiger partial charge >= 0.3 is 0 Å². The van der Waals surface area contributed by atoms with E-state index in [0.717, 1.165) is 6.54 Å². The van der Waals surface area contributed by atoms with Gasteiger partial charge in [-0.3, -0.25) is 4.90 Å². The lowest BCUT2D eigenvalue weighted by Crippen LogP contribution is -2.31. The number of rotatable bonds is 3. The van der Waals surface area contributed by atoms with Crippen LogP contribution in [0.25, 0.3) is 0 Å². The first-order chi connectivity index (χ1) is 6.86. The van der Waals surface area contributed by atoms with Crippen molar-refractivity contribution in [1.29, 1.82) is 0 Å². The first-order valence-corrected chi connectivity index (χ1v) is 5.96. The maximum atomic E-state index is 4.22. The molecule has 0 N–H and O–H groups in total. The summed E-state index contributed by atoms with van der Waals surface area (Å²) in [5.41, 5.74) is 2.92. The number of hydrogen-bond acceptors (Lipinski definition) is 1. The summed E-state index contributed by atoms with van der Waals surface area (Å²) in [7, 11) is 0. The van der Waals surface area contributed by atoms with Crippen LogP contribution in [0.5, 0.6) is 0 Å². The zero-order valence-corrected chi connectivity index (χ0v) is 9.10. The number of likely N-dealkylation sites (tertiary alicyclic amines) is 1. The minimum Gasteiger partial charge on any atom is -0.299 e. The van der Waals surface area contributed by atoms with Crippen LogP contribution < -0.4 is 0 Å². The predicted molar refractivity (Wildman–Crippen MR) is 61.4 cm³/mol. The van der Waals surface area contributed by atoms with Crippen molar-refractivity contribution in [1.82, 2.24) is 4.90 Å². The summed E-state index contributed by atoms with van der Waals surface area (Å²) in [5.74, 6) is 0. The maximum Gasteiger partial charge on any atom is 0.0230 e. The van der Waals surface area contributed by atoms with Crippen LogP contribution in [0.2, 0.25) is 0 Å². The highest BCUT2D eigenvalue weighted by molar-refractivity contribution is 5.31. The topological polar surface area (TPSA) is 3.24 Å². The van der Waals surface area contributed by atoms with E-state index >= 15 is 0 Å². The summed E-state index contributed by atoms with van der Waals surface area (Å²) < 4.78 is 0. The Hall–Kier alpha value is -0.560. The second-order valence-electron chi connectivity index (χ2n) is 4.56. The van der Waals surface area contributed by atoms with E-state index in [9.17, 15) is 0 Å². The molecule has 0 radical (unpaired) electrons. The minimum atomic E-state index is 1.12. The first kappa shape index (κ1) is 9.97. The van der Waals surface area contributed by atoms with Crippen molar-refractivity contribution >= 4 is 0 Å². The molecule has 0 amide bonds. The van der Waals surface area contributed by atoms with Gasteiger partial charge in [-0.1, -0.05) is 19.1 Å². The lowest BCUT2D eigenvalue weighted by Gasteiger charge is -2.27. The average molecular weight is 191 g/mol. The van der Waals surface area contributed by atoms with Crippen molar-refractivity contribution in [3.8, 4) is 0 Å². The first-order valence-electron chi connectivity index (χ1n) is 5.96. The molecule has 2 rings (SSSR count). The van der Waals surface area contributed by atoms with Crippen LogP contribution in [-0.4, -0.2) is 24.5 Å². The standard InChI is InChI=1S/C13H21N/c1-12(13-7-3-4-8-13)11-14-9-5-2-6-10-14/h7H,1-6,8-11H2. The van der Waals surface area contributed by atoms with E-state index in [0.29, 0.717) is 0 Å². The van der Waals surface area contributed by atoms with Crippen molar-refractivity contribution in [2.45, 2.75) is 38.5 Å². The van der Waals surface area contributed by atoms with Crippen LogP contribution in [0.4, 0.5) is 0 Å². The summed E-state index contributed by atoms with van der Waals surface area (Å²) in [6.45, 7) is 7.91. The van der Waals surface area contributed by atoms with E-state index < -0.39 is 0 Å². The van der Waals surface area contributed by atoms with Crippen molar-refractivity contribution in [2.24, 2.45) is 0 Å². The highest BCUT2D eigenvalue weighted by atomic mass is 15.1. The molecule has 1 aliphatic heterocycles. The largest absolute Gasteiger partial charge is 0.299 e. The fourth-order valence-corrected chi connectivity index (χ4v) is 2.48. The lowest BCUT2D eigenvalue weighted by molar-refractivity contribution is 0.247. The highest BCUT2D eigenvalue weighted by Gasteiger charge is 2.14. The molecule has 78 valence electrons. The Bertz CT molecular complexity index is 234. The molecule has 1 fully saturated rings. The fraction of sp³-hybridized carbons (Fsp3) is 0.692. The molecule has 0 aromatic carbocycles. The lowest BCUT2D eigenvalue weighted by atomic mass is 10.1. The smallest absolute Gasteiger partial charge is 0.0230 e. The van der Waals surface area contributed by atoms with E-state index in [4.69, 9.17) is 0 Å². The van der Waals surface area contributed by atoms with Gasteiger partial charge in [0.15, 0.2) is 0 Å². The minimum absolute atomic E-state index is 1.12. The molecule has 14 heavy (non-hydrogen) atoms. The van der Waals surface area contributed by atoms with Gasteiger partial charge in [-0.05, 0) is 56.3 Å². The third kappa shape index (κ3) is 2.48. The van der Waals surface area contributed by atoms with Gasteiger partial charge in [-0.15, -0.1) is 0 Å². The molecular formula is C13H21N. The molecule has 0 atom stereocenters. The van der Waals surface area contributed by atoms with Crippen molar-refractivity contribution in [3.63, 3.8) is 0 Å². The van der Waals surface area contributed by atoms with Crippen molar-refractivity contribution < 1.29 is 0 Å². The van der Waals surface area contributed by atoms with Crippen molar-refractivity contribution in [3.05, 3.63) is 23.8 Å². The molecule has 1 heteroatoms. The third-order valence-corrected chi connectivity index (χ3v) is 3.36. The molecule has 0 unspecified atom stereocenters. The van der Waals surface area contributed by atoms with Crippen LogP contribution in [0.15, 0.2) is 23.8 Å². The SMILES string of the molecule is C=C(CN1CCCCC1)C1=CCCC1. The van der Waals surface area contributed by atoms with E-state index in [1.165, 1.54) is 62.8 Å². The van der Waals surface area contributed by atoms with Crippen molar-refractivity contribution in [2.75, 3.05) is 19.6 Å². The summed E-state index contributed by atoms with van der Waals surface area (Å²) in [6.07, 6.45) is 10.5. The molecule has 1 aliphatic carbocycles. The summed E-state index contributed by atoms with van der Waals surface area (Å²) in [6, 6.07) is 0. The fourth-order valence-electron chi connectivity index (χ4n) is 2.48. The van der Waals surface area contributed by atoms with Gasteiger partial charge in [-0.2, -0.15) is 0 Å². The predicted octanol–water partition coefficient (Wildman–Crippen LogP) is 3.14. The summed E-state index contributed by atoms with van der Waals surface area (Å²) in [4.78, 5) is 2.56. The Kier molecular flexibility index (Phi) is 3.41. The zero-order valence-electron chi connectivity index (χ0n) is 9.10. The molecule has 0 spiro atoms. The van der Waals surface area contributed by atoms with Crippen LogP contribution in [0, 0.1) is 0 Å². The third-order valence-electron chi connectivity index (χ3n) is 3.36. The molecule has 2 aliphatic rings. The molecule has 0 aromatic heterocycles. The Morgan fingerprint density at radius 3 is 2.64 bits per heavy atom. The molecule has 0 bridgehead atoms. The van der Waals surface area contributed by atoms with E-state index in [1.807, 2.05) is 0 Å². The monoisotopic (exact) mass is 191 g/mol. The number of allylic oxidation sites excluding steroid dienone is 1. The number of nitrogens with zero attached hydrogens (tertiary/aromatic N) is 1. The van der Waals surface area contributed by atoms with Gasteiger partial charge in [-0.25, -0.2) is 0 Å². The molecule has 0 saturated carbocycles. The second kappa shape index (κ2) is 4.79. The summed E-state index contributed by atoms with van der Waals surface area (Å²) >= 11 is 0. The van der Waals surface area contributed by atoms with Gasteiger partial charge in [0.25, 0.3) is 0 Å². The van der Waals surface area contributed by atoms with E-state index in [-0.39, 0.29) is 0 Å². The molecule has 1 heterocycles. The van der Waals surface area contributed by atoms with Gasteiger partial charge in [0.05, 0.1) is 0 Å². The molecular weight excluding hydrogens is 170 g/mol. The average Bonchev–Trinajstić information content (AvgIpc) is 2.72. The Balaban J connectivity index is 1.81. The number of piperidine rings is 1. The number of hydrogen-bond donors (Lipinski definition) is 0.